The number of nitrogen functional groups attached to an aromatic ring is 1. The van der Waals surface area contributed by atoms with E-state index in [4.69, 9.17) is 15.7 Å². The Balaban J connectivity index is 2.21. The minimum absolute atomic E-state index is 0.0546. The summed E-state index contributed by atoms with van der Waals surface area (Å²) in [5.41, 5.74) is 7.96. The van der Waals surface area contributed by atoms with Crippen LogP contribution in [-0.2, 0) is 5.41 Å². The molecule has 102 valence electrons. The first-order chi connectivity index (χ1) is 9.40. The van der Waals surface area contributed by atoms with Gasteiger partial charge in [0.2, 0.25) is 5.88 Å². The monoisotopic (exact) mass is 267 g/mol. The molecule has 0 saturated carbocycles. The number of anilines is 1. The van der Waals surface area contributed by atoms with Crippen LogP contribution >= 0.6 is 0 Å². The maximum absolute atomic E-state index is 8.79. The van der Waals surface area contributed by atoms with Gasteiger partial charge in [0.15, 0.2) is 5.75 Å². The van der Waals surface area contributed by atoms with Crippen molar-refractivity contribution < 1.29 is 4.74 Å². The number of aromatic nitrogens is 1. The van der Waals surface area contributed by atoms with Crippen LogP contribution in [0.25, 0.3) is 0 Å². The second-order valence-electron chi connectivity index (χ2n) is 5.60. The van der Waals surface area contributed by atoms with Crippen LogP contribution < -0.4 is 10.5 Å². The first kappa shape index (κ1) is 13.9. The average Bonchev–Trinajstić information content (AvgIpc) is 2.40. The predicted octanol–water partition coefficient (Wildman–Crippen LogP) is 3.63. The van der Waals surface area contributed by atoms with Gasteiger partial charge in [-0.2, -0.15) is 5.26 Å². The lowest BCUT2D eigenvalue weighted by Crippen LogP contribution is -2.11. The van der Waals surface area contributed by atoms with E-state index >= 15 is 0 Å². The molecule has 0 aliphatic carbocycles. The summed E-state index contributed by atoms with van der Waals surface area (Å²) in [5.74, 6) is 0.981. The second kappa shape index (κ2) is 5.22. The molecule has 1 aromatic heterocycles. The zero-order chi connectivity index (χ0) is 14.8. The lowest BCUT2D eigenvalue weighted by molar-refractivity contribution is 0.463. The van der Waals surface area contributed by atoms with Gasteiger partial charge in [0.25, 0.3) is 0 Å². The van der Waals surface area contributed by atoms with Gasteiger partial charge in [0, 0.05) is 12.3 Å². The van der Waals surface area contributed by atoms with E-state index in [1.807, 2.05) is 18.2 Å². The SMILES string of the molecule is CC(C)(C)c1ccc(Oc2ccc(C#N)cc2N)nc1. The Morgan fingerprint density at radius 2 is 1.95 bits per heavy atom. The van der Waals surface area contributed by atoms with E-state index in [1.54, 1.807) is 24.4 Å². The molecule has 1 heterocycles. The Hall–Kier alpha value is -2.54. The van der Waals surface area contributed by atoms with Crippen LogP contribution in [0.5, 0.6) is 11.6 Å². The fourth-order valence-corrected chi connectivity index (χ4v) is 1.71. The van der Waals surface area contributed by atoms with Crippen molar-refractivity contribution >= 4 is 5.69 Å². The molecule has 20 heavy (non-hydrogen) atoms. The molecule has 0 aliphatic heterocycles. The fourth-order valence-electron chi connectivity index (χ4n) is 1.71. The van der Waals surface area contributed by atoms with Crippen LogP contribution in [0.15, 0.2) is 36.5 Å². The summed E-state index contributed by atoms with van der Waals surface area (Å²) in [7, 11) is 0. The maximum Gasteiger partial charge on any atom is 0.219 e. The molecule has 0 atom stereocenters. The molecule has 0 aliphatic rings. The Labute approximate surface area is 118 Å². The molecule has 2 aromatic rings. The minimum Gasteiger partial charge on any atom is -0.437 e. The Kier molecular flexibility index (Phi) is 3.62. The summed E-state index contributed by atoms with van der Waals surface area (Å²) in [6.45, 7) is 6.38. The van der Waals surface area contributed by atoms with E-state index in [1.165, 1.54) is 0 Å². The Morgan fingerprint density at radius 1 is 1.20 bits per heavy atom. The summed E-state index contributed by atoms with van der Waals surface area (Å²) in [6.07, 6.45) is 1.80. The van der Waals surface area contributed by atoms with Gasteiger partial charge in [-0.05, 0) is 29.2 Å². The predicted molar refractivity (Wildman–Crippen MR) is 78.6 cm³/mol. The number of rotatable bonds is 2. The van der Waals surface area contributed by atoms with Gasteiger partial charge < -0.3 is 10.5 Å². The molecule has 2 rings (SSSR count). The lowest BCUT2D eigenvalue weighted by atomic mass is 9.88. The number of hydrogen-bond donors (Lipinski definition) is 1. The van der Waals surface area contributed by atoms with E-state index in [-0.39, 0.29) is 5.41 Å². The lowest BCUT2D eigenvalue weighted by Gasteiger charge is -2.18. The smallest absolute Gasteiger partial charge is 0.219 e. The maximum atomic E-state index is 8.79. The molecule has 0 radical (unpaired) electrons. The highest BCUT2D eigenvalue weighted by Gasteiger charge is 2.14. The molecule has 1 aromatic carbocycles. The van der Waals surface area contributed by atoms with Crippen LogP contribution in [0.2, 0.25) is 0 Å². The van der Waals surface area contributed by atoms with Gasteiger partial charge in [0.1, 0.15) is 0 Å². The van der Waals surface area contributed by atoms with Crippen molar-refractivity contribution in [3.05, 3.63) is 47.7 Å². The molecule has 0 amide bonds. The Morgan fingerprint density at radius 3 is 2.45 bits per heavy atom. The highest BCUT2D eigenvalue weighted by atomic mass is 16.5. The van der Waals surface area contributed by atoms with Gasteiger partial charge in [-0.25, -0.2) is 4.98 Å². The summed E-state index contributed by atoms with van der Waals surface area (Å²) >= 11 is 0. The number of benzene rings is 1. The first-order valence-corrected chi connectivity index (χ1v) is 6.34. The average molecular weight is 267 g/mol. The van der Waals surface area contributed by atoms with Crippen LogP contribution in [-0.4, -0.2) is 4.98 Å². The molecule has 4 nitrogen and oxygen atoms in total. The molecule has 4 heteroatoms. The summed E-state index contributed by atoms with van der Waals surface area (Å²) in [6, 6.07) is 10.8. The van der Waals surface area contributed by atoms with E-state index < -0.39 is 0 Å². The topological polar surface area (TPSA) is 71.9 Å². The number of nitrogens with two attached hydrogens (primary N) is 1. The Bertz CT molecular complexity index is 649. The van der Waals surface area contributed by atoms with Crippen molar-refractivity contribution in [3.63, 3.8) is 0 Å². The van der Waals surface area contributed by atoms with Crippen molar-refractivity contribution in [1.82, 2.24) is 4.98 Å². The number of nitrogens with zero attached hydrogens (tertiary/aromatic N) is 2. The van der Waals surface area contributed by atoms with Gasteiger partial charge in [-0.15, -0.1) is 0 Å². The van der Waals surface area contributed by atoms with Crippen LogP contribution in [0, 0.1) is 11.3 Å². The zero-order valence-corrected chi connectivity index (χ0v) is 11.8. The van der Waals surface area contributed by atoms with Crippen molar-refractivity contribution in [2.75, 3.05) is 5.73 Å². The van der Waals surface area contributed by atoms with Crippen LogP contribution in [0.4, 0.5) is 5.69 Å². The molecular weight excluding hydrogens is 250 g/mol. The third-order valence-electron chi connectivity index (χ3n) is 2.96. The van der Waals surface area contributed by atoms with Crippen molar-refractivity contribution in [2.24, 2.45) is 0 Å². The third kappa shape index (κ3) is 3.07. The van der Waals surface area contributed by atoms with Gasteiger partial charge >= 0.3 is 0 Å². The molecule has 0 spiro atoms. The van der Waals surface area contributed by atoms with E-state index in [0.29, 0.717) is 22.9 Å². The number of pyridine rings is 1. The van der Waals surface area contributed by atoms with Gasteiger partial charge in [-0.3, -0.25) is 0 Å². The fraction of sp³-hybridized carbons (Fsp3) is 0.250. The standard InChI is InChI=1S/C16H17N3O/c1-16(2,3)12-5-7-15(19-10-12)20-14-6-4-11(9-17)8-13(14)18/h4-8,10H,18H2,1-3H3. The normalized spacial score (nSPS) is 10.9. The van der Waals surface area contributed by atoms with E-state index in [9.17, 15) is 0 Å². The van der Waals surface area contributed by atoms with Crippen molar-refractivity contribution in [1.29, 1.82) is 5.26 Å². The van der Waals surface area contributed by atoms with Crippen molar-refractivity contribution in [2.45, 2.75) is 26.2 Å². The molecule has 0 bridgehead atoms. The molecule has 0 saturated heterocycles. The molecule has 0 unspecified atom stereocenters. The van der Waals surface area contributed by atoms with Crippen molar-refractivity contribution in [3.8, 4) is 17.7 Å². The minimum atomic E-state index is 0.0546. The first-order valence-electron chi connectivity index (χ1n) is 6.34. The highest BCUT2D eigenvalue weighted by Crippen LogP contribution is 2.28. The van der Waals surface area contributed by atoms with Gasteiger partial charge in [0.05, 0.1) is 17.3 Å². The second-order valence-corrected chi connectivity index (χ2v) is 5.60. The summed E-state index contributed by atoms with van der Waals surface area (Å²) < 4.78 is 5.63. The van der Waals surface area contributed by atoms with Crippen LogP contribution in [0.1, 0.15) is 31.9 Å². The zero-order valence-electron chi connectivity index (χ0n) is 11.8. The number of ether oxygens (including phenoxy) is 1. The number of nitriles is 1. The van der Waals surface area contributed by atoms with Gasteiger partial charge in [-0.1, -0.05) is 26.8 Å². The third-order valence-corrected chi connectivity index (χ3v) is 2.96. The highest BCUT2D eigenvalue weighted by molar-refractivity contribution is 5.57. The molecule has 2 N–H and O–H groups in total. The van der Waals surface area contributed by atoms with E-state index in [0.717, 1.165) is 5.56 Å². The summed E-state index contributed by atoms with van der Waals surface area (Å²) in [5, 5.41) is 8.79. The van der Waals surface area contributed by atoms with E-state index in [2.05, 4.69) is 25.8 Å². The summed E-state index contributed by atoms with van der Waals surface area (Å²) in [4.78, 5) is 4.28. The largest absolute Gasteiger partial charge is 0.437 e. The van der Waals surface area contributed by atoms with Crippen LogP contribution in [0.3, 0.4) is 0 Å². The number of hydrogen-bond acceptors (Lipinski definition) is 4. The molecule has 0 fully saturated rings. The quantitative estimate of drug-likeness (QED) is 0.843. The molecular formula is C16H17N3O.